The largest absolute Gasteiger partial charge is 0.456 e. The second-order valence-electron chi connectivity index (χ2n) is 6.48. The van der Waals surface area contributed by atoms with Crippen LogP contribution in [0.15, 0.2) is 59.8 Å². The quantitative estimate of drug-likeness (QED) is 0.678. The van der Waals surface area contributed by atoms with E-state index in [1.54, 1.807) is 24.3 Å². The Morgan fingerprint density at radius 2 is 1.71 bits per heavy atom. The molecule has 0 aromatic heterocycles. The van der Waals surface area contributed by atoms with E-state index >= 15 is 0 Å². The second kappa shape index (κ2) is 6.67. The number of hydrogen-bond acceptors (Lipinski definition) is 3. The average molecular weight is 408 g/mol. The number of cyclic esters (lactones) is 1. The Kier molecular flexibility index (Phi) is 4.42. The topological polar surface area (TPSA) is 46.6 Å². The number of anilines is 1. The van der Waals surface area contributed by atoms with E-state index in [1.807, 2.05) is 0 Å². The number of ether oxygens (including phenoxy) is 1. The molecule has 4 rings (SSSR count). The maximum Gasteiger partial charge on any atom is 0.416 e. The summed E-state index contributed by atoms with van der Waals surface area (Å²) in [6.45, 7) is -0.173. The fourth-order valence-corrected chi connectivity index (χ4v) is 3.79. The molecule has 0 saturated heterocycles. The molecule has 0 aliphatic carbocycles. The highest BCUT2D eigenvalue weighted by atomic mass is 35.5. The minimum absolute atomic E-state index is 0.0891. The van der Waals surface area contributed by atoms with Gasteiger partial charge >= 0.3 is 12.1 Å². The zero-order valence-electron chi connectivity index (χ0n) is 14.3. The van der Waals surface area contributed by atoms with Crippen molar-refractivity contribution >= 4 is 29.2 Å². The van der Waals surface area contributed by atoms with Gasteiger partial charge in [0.15, 0.2) is 0 Å². The zero-order chi connectivity index (χ0) is 20.1. The molecule has 1 atom stereocenters. The third-order valence-corrected chi connectivity index (χ3v) is 5.10. The number of benzene rings is 2. The van der Waals surface area contributed by atoms with Crippen molar-refractivity contribution in [2.24, 2.45) is 0 Å². The third-order valence-electron chi connectivity index (χ3n) is 4.84. The summed E-state index contributed by atoms with van der Waals surface area (Å²) in [5.41, 5.74) is -0.135. The van der Waals surface area contributed by atoms with Crippen LogP contribution >= 0.6 is 11.6 Å². The summed E-state index contributed by atoms with van der Waals surface area (Å²) in [6, 6.07) is 11.4. The number of hydrogen-bond donors (Lipinski definition) is 0. The van der Waals surface area contributed by atoms with Gasteiger partial charge in [-0.05, 0) is 35.9 Å². The number of carbonyl (C=O) groups is 2. The van der Waals surface area contributed by atoms with Crippen LogP contribution in [0.4, 0.5) is 18.9 Å². The van der Waals surface area contributed by atoms with Crippen LogP contribution in [0.1, 0.15) is 23.5 Å². The van der Waals surface area contributed by atoms with Crippen molar-refractivity contribution in [3.63, 3.8) is 0 Å². The molecule has 2 aromatic carbocycles. The van der Waals surface area contributed by atoms with E-state index in [0.717, 1.165) is 6.07 Å². The minimum atomic E-state index is -4.60. The van der Waals surface area contributed by atoms with Crippen LogP contribution in [0, 0.1) is 0 Å². The predicted molar refractivity (Wildman–Crippen MR) is 95.7 cm³/mol. The molecule has 0 radical (unpaired) electrons. The number of rotatable bonds is 2. The number of nitrogens with zero attached hydrogens (tertiary/aromatic N) is 1. The van der Waals surface area contributed by atoms with Crippen LogP contribution in [-0.2, 0) is 20.5 Å². The van der Waals surface area contributed by atoms with Crippen LogP contribution in [0.2, 0.25) is 5.02 Å². The van der Waals surface area contributed by atoms with Gasteiger partial charge in [0, 0.05) is 23.0 Å². The Balaban J connectivity index is 1.86. The lowest BCUT2D eigenvalue weighted by Gasteiger charge is -2.32. The Morgan fingerprint density at radius 3 is 2.39 bits per heavy atom. The number of carbonyl (C=O) groups excluding carboxylic acids is 2. The highest BCUT2D eigenvalue weighted by Crippen LogP contribution is 2.45. The Morgan fingerprint density at radius 1 is 1.04 bits per heavy atom. The first-order chi connectivity index (χ1) is 13.3. The fraction of sp³-hybridized carbons (Fsp3) is 0.200. The molecule has 1 amide bonds. The normalized spacial score (nSPS) is 19.7. The number of alkyl halides is 3. The van der Waals surface area contributed by atoms with E-state index < -0.39 is 29.5 Å². The Bertz CT molecular complexity index is 999. The van der Waals surface area contributed by atoms with E-state index in [9.17, 15) is 22.8 Å². The number of halogens is 4. The lowest BCUT2D eigenvalue weighted by molar-refractivity contribution is -0.139. The lowest BCUT2D eigenvalue weighted by Crippen LogP contribution is -2.38. The van der Waals surface area contributed by atoms with E-state index in [0.29, 0.717) is 10.7 Å². The van der Waals surface area contributed by atoms with Gasteiger partial charge in [0.25, 0.3) is 0 Å². The van der Waals surface area contributed by atoms with Gasteiger partial charge in [-0.1, -0.05) is 29.8 Å². The molecule has 2 heterocycles. The summed E-state index contributed by atoms with van der Waals surface area (Å²) in [7, 11) is 0. The lowest BCUT2D eigenvalue weighted by atomic mass is 9.82. The molecule has 0 fully saturated rings. The molecule has 0 saturated carbocycles. The van der Waals surface area contributed by atoms with Crippen molar-refractivity contribution < 1.29 is 27.5 Å². The van der Waals surface area contributed by atoms with Crippen molar-refractivity contribution in [2.45, 2.75) is 18.5 Å². The monoisotopic (exact) mass is 407 g/mol. The molecule has 4 nitrogen and oxygen atoms in total. The number of esters is 1. The summed E-state index contributed by atoms with van der Waals surface area (Å²) in [6.07, 6.45) is -4.88. The highest BCUT2D eigenvalue weighted by molar-refractivity contribution is 6.30. The predicted octanol–water partition coefficient (Wildman–Crippen LogP) is 4.69. The molecule has 8 heteroatoms. The molecular formula is C20H13ClF3NO3. The van der Waals surface area contributed by atoms with Crippen molar-refractivity contribution in [1.82, 2.24) is 0 Å². The molecule has 0 bridgehead atoms. The van der Waals surface area contributed by atoms with Crippen molar-refractivity contribution in [3.8, 4) is 0 Å². The van der Waals surface area contributed by atoms with Gasteiger partial charge in [-0.2, -0.15) is 13.2 Å². The first-order valence-electron chi connectivity index (χ1n) is 8.42. The average Bonchev–Trinajstić information content (AvgIpc) is 3.03. The van der Waals surface area contributed by atoms with Crippen molar-refractivity contribution in [2.75, 3.05) is 11.5 Å². The van der Waals surface area contributed by atoms with Gasteiger partial charge in [0.1, 0.15) is 6.61 Å². The molecule has 28 heavy (non-hydrogen) atoms. The summed E-state index contributed by atoms with van der Waals surface area (Å²) < 4.78 is 45.5. The standard InChI is InChI=1S/C20H13ClF3NO3/c21-11-5-7-12(8-6-11)25-16-10-28-19(27)18(16)14(9-17(25)26)13-3-1-2-4-15(13)20(22,23)24/h1-8,14H,9-10H2. The van der Waals surface area contributed by atoms with Gasteiger partial charge in [0.05, 0.1) is 16.8 Å². The van der Waals surface area contributed by atoms with Crippen LogP contribution in [-0.4, -0.2) is 18.5 Å². The van der Waals surface area contributed by atoms with Crippen molar-refractivity contribution in [3.05, 3.63) is 76.0 Å². The van der Waals surface area contributed by atoms with E-state index in [2.05, 4.69) is 0 Å². The van der Waals surface area contributed by atoms with Gasteiger partial charge in [0.2, 0.25) is 5.91 Å². The molecule has 1 unspecified atom stereocenters. The number of amides is 1. The highest BCUT2D eigenvalue weighted by Gasteiger charge is 2.45. The molecule has 144 valence electrons. The second-order valence-corrected chi connectivity index (χ2v) is 6.92. The maximum atomic E-state index is 13.5. The molecule has 2 aromatic rings. The zero-order valence-corrected chi connectivity index (χ0v) is 15.1. The van der Waals surface area contributed by atoms with E-state index in [4.69, 9.17) is 16.3 Å². The molecule has 0 spiro atoms. The van der Waals surface area contributed by atoms with Crippen LogP contribution in [0.3, 0.4) is 0 Å². The summed E-state index contributed by atoms with van der Waals surface area (Å²) in [4.78, 5) is 26.6. The first kappa shape index (κ1) is 18.6. The van der Waals surface area contributed by atoms with E-state index in [1.165, 1.54) is 23.1 Å². The first-order valence-corrected chi connectivity index (χ1v) is 8.80. The Labute approximate surface area is 163 Å². The van der Waals surface area contributed by atoms with Gasteiger partial charge in [-0.3, -0.25) is 9.69 Å². The smallest absolute Gasteiger partial charge is 0.416 e. The Hall–Kier alpha value is -2.80. The van der Waals surface area contributed by atoms with Gasteiger partial charge in [-0.25, -0.2) is 4.79 Å². The SMILES string of the molecule is O=C1OCC2=C1C(c1ccccc1C(F)(F)F)CC(=O)N2c1ccc(Cl)cc1. The molecular weight excluding hydrogens is 395 g/mol. The molecule has 2 aliphatic rings. The minimum Gasteiger partial charge on any atom is -0.456 e. The van der Waals surface area contributed by atoms with Crippen molar-refractivity contribution in [1.29, 1.82) is 0 Å². The van der Waals surface area contributed by atoms with Crippen LogP contribution in [0.25, 0.3) is 0 Å². The van der Waals surface area contributed by atoms with Gasteiger partial charge in [-0.15, -0.1) is 0 Å². The summed E-state index contributed by atoms with van der Waals surface area (Å²) >= 11 is 5.88. The maximum absolute atomic E-state index is 13.5. The molecule has 2 aliphatic heterocycles. The van der Waals surface area contributed by atoms with Gasteiger partial charge < -0.3 is 4.74 Å². The molecule has 0 N–H and O–H groups in total. The third kappa shape index (κ3) is 3.05. The van der Waals surface area contributed by atoms with Crippen LogP contribution < -0.4 is 4.90 Å². The fourth-order valence-electron chi connectivity index (χ4n) is 3.67. The van der Waals surface area contributed by atoms with Crippen LogP contribution in [0.5, 0.6) is 0 Å². The summed E-state index contributed by atoms with van der Waals surface area (Å²) in [5.74, 6) is -2.14. The summed E-state index contributed by atoms with van der Waals surface area (Å²) in [5, 5.41) is 0.471. The van der Waals surface area contributed by atoms with E-state index in [-0.39, 0.29) is 29.9 Å².